The van der Waals surface area contributed by atoms with Crippen molar-refractivity contribution in [3.05, 3.63) is 60.5 Å². The van der Waals surface area contributed by atoms with Crippen LogP contribution in [-0.2, 0) is 14.3 Å². The van der Waals surface area contributed by atoms with Crippen LogP contribution in [0.1, 0.15) is 13.8 Å². The summed E-state index contributed by atoms with van der Waals surface area (Å²) in [4.78, 5) is 29.7. The molecule has 1 amide bonds. The zero-order valence-electron chi connectivity index (χ0n) is 17.2. The zero-order valence-corrected chi connectivity index (χ0v) is 18.0. The summed E-state index contributed by atoms with van der Waals surface area (Å²) in [7, 11) is 3.86. The summed E-state index contributed by atoms with van der Waals surface area (Å²) >= 11 is 1.39. The summed E-state index contributed by atoms with van der Waals surface area (Å²) in [6, 6.07) is 7.55. The SMILES string of the molecule is C=C(/C=C\C(F)=C/C)[C@@H]1Sc2ccccc2N(CCN(C)C)C(=O)[C@@H]1OC(C)=O. The molecule has 1 heterocycles. The molecule has 156 valence electrons. The maximum absolute atomic E-state index is 13.6. The van der Waals surface area contributed by atoms with Gasteiger partial charge in [0.2, 0.25) is 0 Å². The van der Waals surface area contributed by atoms with E-state index >= 15 is 0 Å². The fraction of sp³-hybridized carbons (Fsp3) is 0.364. The monoisotopic (exact) mass is 418 g/mol. The van der Waals surface area contributed by atoms with Crippen molar-refractivity contribution in [1.82, 2.24) is 4.90 Å². The van der Waals surface area contributed by atoms with E-state index in [9.17, 15) is 14.0 Å². The number of likely N-dealkylation sites (N-methyl/N-ethyl adjacent to an activating group) is 1. The molecule has 2 atom stereocenters. The molecular weight excluding hydrogens is 391 g/mol. The number of anilines is 1. The normalized spacial score (nSPS) is 20.0. The average Bonchev–Trinajstić information content (AvgIpc) is 2.79. The molecule has 5 nitrogen and oxygen atoms in total. The third kappa shape index (κ3) is 6.05. The molecule has 0 aromatic heterocycles. The molecule has 0 aliphatic carbocycles. The Morgan fingerprint density at radius 3 is 2.66 bits per heavy atom. The molecule has 0 N–H and O–H groups in total. The van der Waals surface area contributed by atoms with Gasteiger partial charge in [0.05, 0.1) is 10.9 Å². The van der Waals surface area contributed by atoms with Gasteiger partial charge in [0.1, 0.15) is 5.83 Å². The number of carbonyl (C=O) groups excluding carboxylic acids is 2. The van der Waals surface area contributed by atoms with Crippen molar-refractivity contribution in [2.24, 2.45) is 0 Å². The van der Waals surface area contributed by atoms with Gasteiger partial charge in [-0.05, 0) is 44.8 Å². The number of carbonyl (C=O) groups is 2. The van der Waals surface area contributed by atoms with E-state index < -0.39 is 23.2 Å². The van der Waals surface area contributed by atoms with Gasteiger partial charge in [-0.3, -0.25) is 9.59 Å². The highest BCUT2D eigenvalue weighted by molar-refractivity contribution is 8.00. The van der Waals surface area contributed by atoms with Gasteiger partial charge in [0, 0.05) is 24.9 Å². The van der Waals surface area contributed by atoms with Crippen molar-refractivity contribution in [3.63, 3.8) is 0 Å². The lowest BCUT2D eigenvalue weighted by molar-refractivity contribution is -0.152. The predicted octanol–water partition coefficient (Wildman–Crippen LogP) is 3.97. The van der Waals surface area contributed by atoms with Crippen LogP contribution >= 0.6 is 11.8 Å². The van der Waals surface area contributed by atoms with E-state index in [-0.39, 0.29) is 5.91 Å². The number of halogens is 1. The first kappa shape index (κ1) is 22.9. The second-order valence-electron chi connectivity index (χ2n) is 6.91. The Labute approximate surface area is 175 Å². The van der Waals surface area contributed by atoms with Gasteiger partial charge < -0.3 is 14.5 Å². The number of amides is 1. The Balaban J connectivity index is 2.48. The lowest BCUT2D eigenvalue weighted by Crippen LogP contribution is -2.47. The van der Waals surface area contributed by atoms with Crippen LogP contribution in [0.5, 0.6) is 0 Å². The number of ether oxygens (including phenoxy) is 1. The van der Waals surface area contributed by atoms with Gasteiger partial charge in [-0.2, -0.15) is 0 Å². The van der Waals surface area contributed by atoms with Crippen LogP contribution in [0.4, 0.5) is 10.1 Å². The minimum absolute atomic E-state index is 0.314. The second kappa shape index (κ2) is 10.4. The molecule has 1 aliphatic heterocycles. The highest BCUT2D eigenvalue weighted by Crippen LogP contribution is 2.41. The molecule has 7 heteroatoms. The van der Waals surface area contributed by atoms with Crippen LogP contribution in [0.15, 0.2) is 65.4 Å². The van der Waals surface area contributed by atoms with Crippen LogP contribution < -0.4 is 4.90 Å². The molecule has 0 fully saturated rings. The first-order chi connectivity index (χ1) is 13.7. The van der Waals surface area contributed by atoms with Crippen LogP contribution in [0.25, 0.3) is 0 Å². The molecule has 29 heavy (non-hydrogen) atoms. The molecular formula is C22H27FN2O3S. The first-order valence-electron chi connectivity index (χ1n) is 9.32. The number of hydrogen-bond acceptors (Lipinski definition) is 5. The topological polar surface area (TPSA) is 49.9 Å². The van der Waals surface area contributed by atoms with E-state index in [1.165, 1.54) is 36.9 Å². The smallest absolute Gasteiger partial charge is 0.303 e. The van der Waals surface area contributed by atoms with Crippen LogP contribution in [0.3, 0.4) is 0 Å². The fourth-order valence-electron chi connectivity index (χ4n) is 2.85. The van der Waals surface area contributed by atoms with Crippen molar-refractivity contribution in [2.75, 3.05) is 32.1 Å². The highest BCUT2D eigenvalue weighted by atomic mass is 32.2. The molecule has 0 radical (unpaired) electrons. The quantitative estimate of drug-likeness (QED) is 0.495. The standard InChI is InChI=1S/C22H27FN2O3S/c1-6-17(23)12-11-15(2)21-20(28-16(3)26)22(27)25(14-13-24(4)5)18-9-7-8-10-19(18)29-21/h6-12,20-21H,2,13-14H2,1,3-5H3/b12-11-,17-6+/t20-,21+/m1/s1. The molecule has 2 rings (SSSR count). The van der Waals surface area contributed by atoms with E-state index in [4.69, 9.17) is 4.74 Å². The summed E-state index contributed by atoms with van der Waals surface area (Å²) in [6.07, 6.45) is 3.09. The zero-order chi connectivity index (χ0) is 21.6. The number of thioether (sulfide) groups is 1. The fourth-order valence-corrected chi connectivity index (χ4v) is 4.10. The summed E-state index contributed by atoms with van der Waals surface area (Å²) < 4.78 is 19.0. The van der Waals surface area contributed by atoms with Crippen molar-refractivity contribution < 1.29 is 18.7 Å². The third-order valence-electron chi connectivity index (χ3n) is 4.36. The maximum atomic E-state index is 13.6. The summed E-state index contributed by atoms with van der Waals surface area (Å²) in [5.74, 6) is -1.28. The minimum atomic E-state index is -1.06. The Morgan fingerprint density at radius 2 is 2.03 bits per heavy atom. The van der Waals surface area contributed by atoms with Crippen molar-refractivity contribution in [1.29, 1.82) is 0 Å². The number of hydrogen-bond donors (Lipinski definition) is 0. The number of para-hydroxylation sites is 1. The summed E-state index contributed by atoms with van der Waals surface area (Å²) in [6.45, 7) is 7.98. The number of fused-ring (bicyclic) bond motifs is 1. The number of allylic oxidation sites excluding steroid dienone is 4. The largest absolute Gasteiger partial charge is 0.451 e. The summed E-state index contributed by atoms with van der Waals surface area (Å²) in [5.41, 5.74) is 1.26. The van der Waals surface area contributed by atoms with Gasteiger partial charge in [-0.1, -0.05) is 30.9 Å². The number of esters is 1. The molecule has 0 bridgehead atoms. The number of rotatable bonds is 7. The van der Waals surface area contributed by atoms with E-state index in [1.54, 1.807) is 11.8 Å². The maximum Gasteiger partial charge on any atom is 0.303 e. The Hall–Kier alpha value is -2.38. The van der Waals surface area contributed by atoms with Gasteiger partial charge in [-0.25, -0.2) is 4.39 Å². The van der Waals surface area contributed by atoms with E-state index in [0.29, 0.717) is 18.7 Å². The van der Waals surface area contributed by atoms with Gasteiger partial charge >= 0.3 is 5.97 Å². The Kier molecular flexibility index (Phi) is 8.22. The van der Waals surface area contributed by atoms with E-state index in [2.05, 4.69) is 6.58 Å². The van der Waals surface area contributed by atoms with Gasteiger partial charge in [0.15, 0.2) is 6.10 Å². The minimum Gasteiger partial charge on any atom is -0.451 e. The van der Waals surface area contributed by atoms with Crippen molar-refractivity contribution in [2.45, 2.75) is 30.1 Å². The highest BCUT2D eigenvalue weighted by Gasteiger charge is 2.40. The Morgan fingerprint density at radius 1 is 1.34 bits per heavy atom. The molecule has 0 saturated carbocycles. The molecule has 0 saturated heterocycles. The van der Waals surface area contributed by atoms with Crippen molar-refractivity contribution in [3.8, 4) is 0 Å². The van der Waals surface area contributed by atoms with Gasteiger partial charge in [-0.15, -0.1) is 11.8 Å². The number of nitrogens with zero attached hydrogens (tertiary/aromatic N) is 2. The molecule has 1 aromatic carbocycles. The molecule has 1 aliphatic rings. The third-order valence-corrected chi connectivity index (χ3v) is 5.76. The van der Waals surface area contributed by atoms with Gasteiger partial charge in [0.25, 0.3) is 5.91 Å². The Bertz CT molecular complexity index is 835. The average molecular weight is 419 g/mol. The van der Waals surface area contributed by atoms with Crippen LogP contribution in [0.2, 0.25) is 0 Å². The molecule has 0 unspecified atom stereocenters. The molecule has 0 spiro atoms. The van der Waals surface area contributed by atoms with Crippen LogP contribution in [0, 0.1) is 0 Å². The predicted molar refractivity (Wildman–Crippen MR) is 116 cm³/mol. The number of benzene rings is 1. The second-order valence-corrected chi connectivity index (χ2v) is 8.09. The van der Waals surface area contributed by atoms with Crippen LogP contribution in [-0.4, -0.2) is 55.3 Å². The molecule has 1 aromatic rings. The lowest BCUT2D eigenvalue weighted by Gasteiger charge is -2.28. The first-order valence-corrected chi connectivity index (χ1v) is 10.2. The van der Waals surface area contributed by atoms with E-state index in [0.717, 1.165) is 10.6 Å². The lowest BCUT2D eigenvalue weighted by atomic mass is 10.1. The van der Waals surface area contributed by atoms with E-state index in [1.807, 2.05) is 43.3 Å². The van der Waals surface area contributed by atoms with Crippen molar-refractivity contribution >= 4 is 29.3 Å². The summed E-state index contributed by atoms with van der Waals surface area (Å²) in [5, 5.41) is -0.571.